The minimum atomic E-state index is -0.394. The van der Waals surface area contributed by atoms with E-state index in [1.165, 1.54) is 7.11 Å². The van der Waals surface area contributed by atoms with Crippen molar-refractivity contribution in [2.75, 3.05) is 26.7 Å². The van der Waals surface area contributed by atoms with Crippen LogP contribution in [0.4, 0.5) is 0 Å². The zero-order chi connectivity index (χ0) is 13.8. The molecule has 1 amide bonds. The average molecular weight is 262 g/mol. The monoisotopic (exact) mass is 262 g/mol. The van der Waals surface area contributed by atoms with Crippen LogP contribution in [0.3, 0.4) is 0 Å². The van der Waals surface area contributed by atoms with E-state index >= 15 is 0 Å². The van der Waals surface area contributed by atoms with Crippen molar-refractivity contribution in [3.8, 4) is 0 Å². The van der Waals surface area contributed by atoms with Gasteiger partial charge in [-0.25, -0.2) is 4.79 Å². The number of ether oxygens (including phenoxy) is 1. The summed E-state index contributed by atoms with van der Waals surface area (Å²) in [5.41, 5.74) is 1.05. The van der Waals surface area contributed by atoms with E-state index in [4.69, 9.17) is 0 Å². The van der Waals surface area contributed by atoms with Gasteiger partial charge in [-0.2, -0.15) is 0 Å². The Morgan fingerprint density at radius 3 is 2.47 bits per heavy atom. The standard InChI is InChI=1S/C14H18N2O3/c1-10-9-16(8-7-15-10)13(17)11-3-5-12(6-4-11)14(18)19-2/h3-6,10,15H,7-9H2,1-2H3/t10-/m0/s1. The molecule has 1 fully saturated rings. The van der Waals surface area contributed by atoms with Gasteiger partial charge >= 0.3 is 5.97 Å². The molecule has 102 valence electrons. The minimum absolute atomic E-state index is 0.00441. The van der Waals surface area contributed by atoms with Crippen molar-refractivity contribution in [1.29, 1.82) is 0 Å². The quantitative estimate of drug-likeness (QED) is 0.805. The van der Waals surface area contributed by atoms with Gasteiger partial charge in [0, 0.05) is 31.2 Å². The summed E-state index contributed by atoms with van der Waals surface area (Å²) in [5, 5.41) is 3.29. The van der Waals surface area contributed by atoms with Gasteiger partial charge in [-0.1, -0.05) is 0 Å². The van der Waals surface area contributed by atoms with Crippen molar-refractivity contribution in [3.05, 3.63) is 35.4 Å². The Labute approximate surface area is 112 Å². The first-order valence-corrected chi connectivity index (χ1v) is 6.33. The summed E-state index contributed by atoms with van der Waals surface area (Å²) in [6.45, 7) is 4.28. The van der Waals surface area contributed by atoms with Crippen LogP contribution < -0.4 is 5.32 Å². The Bertz CT molecular complexity index is 470. The van der Waals surface area contributed by atoms with E-state index in [1.807, 2.05) is 4.90 Å². The average Bonchev–Trinajstić information content (AvgIpc) is 2.46. The van der Waals surface area contributed by atoms with Gasteiger partial charge in [0.2, 0.25) is 0 Å². The molecule has 1 aromatic rings. The SMILES string of the molecule is COC(=O)c1ccc(C(=O)N2CCN[C@@H](C)C2)cc1. The highest BCUT2D eigenvalue weighted by Gasteiger charge is 2.21. The van der Waals surface area contributed by atoms with E-state index in [2.05, 4.69) is 17.0 Å². The number of carbonyl (C=O) groups is 2. The van der Waals surface area contributed by atoms with Crippen molar-refractivity contribution in [3.63, 3.8) is 0 Å². The highest BCUT2D eigenvalue weighted by atomic mass is 16.5. The summed E-state index contributed by atoms with van der Waals surface area (Å²) in [7, 11) is 1.34. The lowest BCUT2D eigenvalue weighted by Gasteiger charge is -2.32. The van der Waals surface area contributed by atoms with Gasteiger partial charge < -0.3 is 15.0 Å². The number of piperazine rings is 1. The van der Waals surface area contributed by atoms with Gasteiger partial charge in [-0.05, 0) is 31.2 Å². The zero-order valence-corrected chi connectivity index (χ0v) is 11.2. The molecule has 0 radical (unpaired) electrons. The van der Waals surface area contributed by atoms with Crippen molar-refractivity contribution < 1.29 is 14.3 Å². The van der Waals surface area contributed by atoms with E-state index in [1.54, 1.807) is 24.3 Å². The van der Waals surface area contributed by atoms with E-state index in [-0.39, 0.29) is 5.91 Å². The first kappa shape index (κ1) is 13.5. The first-order valence-electron chi connectivity index (χ1n) is 6.33. The Balaban J connectivity index is 2.09. The molecule has 0 aromatic heterocycles. The third-order valence-corrected chi connectivity index (χ3v) is 3.21. The molecule has 1 aromatic carbocycles. The third-order valence-electron chi connectivity index (χ3n) is 3.21. The highest BCUT2D eigenvalue weighted by Crippen LogP contribution is 2.10. The van der Waals surface area contributed by atoms with Crippen LogP contribution in [0.25, 0.3) is 0 Å². The van der Waals surface area contributed by atoms with Gasteiger partial charge in [-0.15, -0.1) is 0 Å². The summed E-state index contributed by atoms with van der Waals surface area (Å²) in [6.07, 6.45) is 0. The minimum Gasteiger partial charge on any atom is -0.465 e. The van der Waals surface area contributed by atoms with E-state index in [0.717, 1.165) is 6.54 Å². The molecule has 1 N–H and O–H groups in total. The van der Waals surface area contributed by atoms with Gasteiger partial charge in [0.25, 0.3) is 5.91 Å². The first-order chi connectivity index (χ1) is 9.11. The van der Waals surface area contributed by atoms with Crippen LogP contribution in [0, 0.1) is 0 Å². The van der Waals surface area contributed by atoms with Crippen LogP contribution in [0.2, 0.25) is 0 Å². The summed E-state index contributed by atoms with van der Waals surface area (Å²) in [6, 6.07) is 6.88. The molecule has 0 spiro atoms. The third kappa shape index (κ3) is 3.12. The predicted octanol–water partition coefficient (Wildman–Crippen LogP) is 0.907. The second kappa shape index (κ2) is 5.84. The fourth-order valence-corrected chi connectivity index (χ4v) is 2.17. The maximum absolute atomic E-state index is 12.3. The summed E-state index contributed by atoms with van der Waals surface area (Å²) < 4.78 is 4.62. The zero-order valence-electron chi connectivity index (χ0n) is 11.2. The number of hydrogen-bond acceptors (Lipinski definition) is 4. The molecule has 0 aliphatic carbocycles. The molecule has 0 saturated carbocycles. The Kier molecular flexibility index (Phi) is 4.16. The highest BCUT2D eigenvalue weighted by molar-refractivity contribution is 5.96. The second-order valence-electron chi connectivity index (χ2n) is 4.68. The van der Waals surface area contributed by atoms with Gasteiger partial charge in [-0.3, -0.25) is 4.79 Å². The smallest absolute Gasteiger partial charge is 0.337 e. The van der Waals surface area contributed by atoms with E-state index in [0.29, 0.717) is 30.3 Å². The molecule has 0 unspecified atom stereocenters. The van der Waals surface area contributed by atoms with E-state index in [9.17, 15) is 9.59 Å². The lowest BCUT2D eigenvalue weighted by Crippen LogP contribution is -2.51. The molecular formula is C14H18N2O3. The lowest BCUT2D eigenvalue weighted by molar-refractivity contribution is 0.0599. The van der Waals surface area contributed by atoms with Crippen molar-refractivity contribution >= 4 is 11.9 Å². The van der Waals surface area contributed by atoms with E-state index < -0.39 is 5.97 Å². The molecule has 19 heavy (non-hydrogen) atoms. The number of amides is 1. The number of nitrogens with zero attached hydrogens (tertiary/aromatic N) is 1. The predicted molar refractivity (Wildman–Crippen MR) is 71.1 cm³/mol. The number of benzene rings is 1. The topological polar surface area (TPSA) is 58.6 Å². The van der Waals surface area contributed by atoms with Crippen LogP contribution in [0.1, 0.15) is 27.6 Å². The fraction of sp³-hybridized carbons (Fsp3) is 0.429. The number of esters is 1. The molecule has 1 aliphatic rings. The summed E-state index contributed by atoms with van der Waals surface area (Å²) >= 11 is 0. The Morgan fingerprint density at radius 2 is 1.89 bits per heavy atom. The fourth-order valence-electron chi connectivity index (χ4n) is 2.17. The maximum atomic E-state index is 12.3. The van der Waals surface area contributed by atoms with Gasteiger partial charge in [0.15, 0.2) is 0 Å². The molecule has 5 heteroatoms. The largest absolute Gasteiger partial charge is 0.465 e. The molecule has 1 aliphatic heterocycles. The van der Waals surface area contributed by atoms with Gasteiger partial charge in [0.05, 0.1) is 12.7 Å². The Hall–Kier alpha value is -1.88. The van der Waals surface area contributed by atoms with Crippen LogP contribution in [0.5, 0.6) is 0 Å². The number of rotatable bonds is 2. The molecule has 1 saturated heterocycles. The summed E-state index contributed by atoms with van der Waals surface area (Å²) in [5.74, 6) is -0.389. The van der Waals surface area contributed by atoms with Crippen molar-refractivity contribution in [2.45, 2.75) is 13.0 Å². The summed E-state index contributed by atoms with van der Waals surface area (Å²) in [4.78, 5) is 25.4. The molecular weight excluding hydrogens is 244 g/mol. The van der Waals surface area contributed by atoms with Crippen LogP contribution >= 0.6 is 0 Å². The van der Waals surface area contributed by atoms with Crippen LogP contribution in [-0.2, 0) is 4.74 Å². The van der Waals surface area contributed by atoms with Gasteiger partial charge in [0.1, 0.15) is 0 Å². The number of hydrogen-bond donors (Lipinski definition) is 1. The van der Waals surface area contributed by atoms with Crippen LogP contribution in [-0.4, -0.2) is 49.6 Å². The second-order valence-corrected chi connectivity index (χ2v) is 4.68. The maximum Gasteiger partial charge on any atom is 0.337 e. The number of carbonyl (C=O) groups excluding carboxylic acids is 2. The molecule has 5 nitrogen and oxygen atoms in total. The molecule has 2 rings (SSSR count). The number of nitrogens with one attached hydrogen (secondary N) is 1. The molecule has 1 atom stereocenters. The normalized spacial score (nSPS) is 19.1. The van der Waals surface area contributed by atoms with Crippen molar-refractivity contribution in [2.24, 2.45) is 0 Å². The van der Waals surface area contributed by atoms with Crippen molar-refractivity contribution in [1.82, 2.24) is 10.2 Å². The Morgan fingerprint density at radius 1 is 1.26 bits per heavy atom. The molecule has 1 heterocycles. The lowest BCUT2D eigenvalue weighted by atomic mass is 10.1. The van der Waals surface area contributed by atoms with Crippen LogP contribution in [0.15, 0.2) is 24.3 Å². The molecule has 0 bridgehead atoms. The number of methoxy groups -OCH3 is 1.